The van der Waals surface area contributed by atoms with Gasteiger partial charge in [-0.3, -0.25) is 14.5 Å². The average molecular weight is 347 g/mol. The Kier molecular flexibility index (Phi) is 5.18. The van der Waals surface area contributed by atoms with E-state index in [0.717, 1.165) is 43.7 Å². The van der Waals surface area contributed by atoms with Crippen LogP contribution in [0.15, 0.2) is 16.5 Å². The first-order valence-corrected chi connectivity index (χ1v) is 9.27. The van der Waals surface area contributed by atoms with Gasteiger partial charge in [0.15, 0.2) is 0 Å². The number of aryl methyl sites for hydroxylation is 1. The summed E-state index contributed by atoms with van der Waals surface area (Å²) in [5, 5.41) is 6.16. The summed E-state index contributed by atoms with van der Waals surface area (Å²) >= 11 is 0. The van der Waals surface area contributed by atoms with Crippen molar-refractivity contribution in [1.82, 2.24) is 15.5 Å². The Hall–Kier alpha value is -1.82. The summed E-state index contributed by atoms with van der Waals surface area (Å²) in [6, 6.07) is 3.42. The van der Waals surface area contributed by atoms with Gasteiger partial charge in [0.25, 0.3) is 0 Å². The zero-order valence-corrected chi connectivity index (χ0v) is 15.4. The average Bonchev–Trinajstić information content (AvgIpc) is 3.12. The van der Waals surface area contributed by atoms with E-state index in [1.165, 1.54) is 0 Å². The molecule has 6 heteroatoms. The Bertz CT molecular complexity index is 632. The lowest BCUT2D eigenvalue weighted by molar-refractivity contribution is -0.131. The van der Waals surface area contributed by atoms with Gasteiger partial charge in [-0.05, 0) is 31.9 Å². The van der Waals surface area contributed by atoms with Gasteiger partial charge >= 0.3 is 0 Å². The van der Waals surface area contributed by atoms with Crippen molar-refractivity contribution in [2.24, 2.45) is 5.92 Å². The predicted molar refractivity (Wildman–Crippen MR) is 94.8 cm³/mol. The van der Waals surface area contributed by atoms with Crippen LogP contribution in [0.4, 0.5) is 0 Å². The number of hydrogen-bond acceptors (Lipinski definition) is 4. The number of rotatable bonds is 4. The van der Waals surface area contributed by atoms with Crippen molar-refractivity contribution >= 4 is 11.8 Å². The third-order valence-electron chi connectivity index (χ3n) is 5.25. The SMILES string of the molecule is Cc1ccc(CN2CC(NC(=O)C(C)C)C(=O)NC3(CCCC3)C2)o1. The van der Waals surface area contributed by atoms with E-state index in [-0.39, 0.29) is 23.3 Å². The number of hydrogen-bond donors (Lipinski definition) is 2. The van der Waals surface area contributed by atoms with Gasteiger partial charge in [-0.2, -0.15) is 0 Å². The van der Waals surface area contributed by atoms with Crippen LogP contribution in [0.1, 0.15) is 51.1 Å². The summed E-state index contributed by atoms with van der Waals surface area (Å²) in [4.78, 5) is 27.1. The fourth-order valence-corrected chi connectivity index (χ4v) is 3.92. The van der Waals surface area contributed by atoms with Crippen molar-refractivity contribution in [3.63, 3.8) is 0 Å². The molecule has 0 bridgehead atoms. The first-order valence-electron chi connectivity index (χ1n) is 9.27. The van der Waals surface area contributed by atoms with Crippen molar-refractivity contribution in [2.75, 3.05) is 13.1 Å². The summed E-state index contributed by atoms with van der Waals surface area (Å²) in [6.45, 7) is 7.57. The Morgan fingerprint density at radius 3 is 2.72 bits per heavy atom. The molecule has 1 saturated carbocycles. The summed E-state index contributed by atoms with van der Waals surface area (Å²) in [5.41, 5.74) is -0.171. The molecule has 2 heterocycles. The topological polar surface area (TPSA) is 74.6 Å². The van der Waals surface area contributed by atoms with E-state index in [2.05, 4.69) is 15.5 Å². The van der Waals surface area contributed by atoms with Crippen molar-refractivity contribution in [3.05, 3.63) is 23.7 Å². The van der Waals surface area contributed by atoms with E-state index in [0.29, 0.717) is 13.1 Å². The highest BCUT2D eigenvalue weighted by Gasteiger charge is 2.42. The molecule has 2 aliphatic rings. The highest BCUT2D eigenvalue weighted by atomic mass is 16.3. The van der Waals surface area contributed by atoms with Gasteiger partial charge in [0.2, 0.25) is 11.8 Å². The maximum atomic E-state index is 12.8. The fraction of sp³-hybridized carbons (Fsp3) is 0.684. The van der Waals surface area contributed by atoms with E-state index in [9.17, 15) is 9.59 Å². The molecule has 1 aromatic rings. The molecular weight excluding hydrogens is 318 g/mol. The van der Waals surface area contributed by atoms with Gasteiger partial charge in [0, 0.05) is 19.0 Å². The van der Waals surface area contributed by atoms with Crippen LogP contribution >= 0.6 is 0 Å². The van der Waals surface area contributed by atoms with E-state index in [1.807, 2.05) is 32.9 Å². The second kappa shape index (κ2) is 7.20. The number of amides is 2. The molecule has 2 N–H and O–H groups in total. The van der Waals surface area contributed by atoms with Crippen LogP contribution in [0.5, 0.6) is 0 Å². The molecule has 138 valence electrons. The molecule has 0 radical (unpaired) electrons. The molecule has 2 fully saturated rings. The minimum Gasteiger partial charge on any atom is -0.465 e. The number of nitrogens with zero attached hydrogens (tertiary/aromatic N) is 1. The molecule has 3 rings (SSSR count). The Balaban J connectivity index is 1.78. The molecule has 1 saturated heterocycles. The lowest BCUT2D eigenvalue weighted by Crippen LogP contribution is -2.54. The van der Waals surface area contributed by atoms with Crippen LogP contribution in [0.25, 0.3) is 0 Å². The van der Waals surface area contributed by atoms with Crippen LogP contribution in [0.3, 0.4) is 0 Å². The van der Waals surface area contributed by atoms with Gasteiger partial charge in [-0.15, -0.1) is 0 Å². The molecule has 1 spiro atoms. The largest absolute Gasteiger partial charge is 0.465 e. The Morgan fingerprint density at radius 1 is 1.40 bits per heavy atom. The molecule has 1 atom stereocenters. The van der Waals surface area contributed by atoms with Crippen molar-refractivity contribution in [1.29, 1.82) is 0 Å². The van der Waals surface area contributed by atoms with E-state index in [4.69, 9.17) is 4.42 Å². The number of furan rings is 1. The lowest BCUT2D eigenvalue weighted by Gasteiger charge is -2.32. The highest BCUT2D eigenvalue weighted by Crippen LogP contribution is 2.32. The zero-order valence-electron chi connectivity index (χ0n) is 15.4. The quantitative estimate of drug-likeness (QED) is 0.873. The van der Waals surface area contributed by atoms with Crippen LogP contribution in [-0.4, -0.2) is 41.4 Å². The lowest BCUT2D eigenvalue weighted by atomic mass is 9.97. The highest BCUT2D eigenvalue weighted by molar-refractivity contribution is 5.89. The summed E-state index contributed by atoms with van der Waals surface area (Å²) in [7, 11) is 0. The fourth-order valence-electron chi connectivity index (χ4n) is 3.92. The van der Waals surface area contributed by atoms with E-state index < -0.39 is 6.04 Å². The van der Waals surface area contributed by atoms with Crippen LogP contribution in [0, 0.1) is 12.8 Å². The molecule has 0 aromatic carbocycles. The first kappa shape index (κ1) is 18.0. The van der Waals surface area contributed by atoms with Gasteiger partial charge in [-0.25, -0.2) is 0 Å². The molecule has 1 aliphatic carbocycles. The van der Waals surface area contributed by atoms with Crippen LogP contribution in [-0.2, 0) is 16.1 Å². The molecular formula is C19H29N3O3. The second-order valence-electron chi connectivity index (χ2n) is 7.87. The molecule has 1 unspecified atom stereocenters. The third-order valence-corrected chi connectivity index (χ3v) is 5.25. The number of carbonyl (C=O) groups is 2. The number of carbonyl (C=O) groups excluding carboxylic acids is 2. The maximum Gasteiger partial charge on any atom is 0.244 e. The zero-order chi connectivity index (χ0) is 18.0. The minimum atomic E-state index is -0.522. The van der Waals surface area contributed by atoms with Crippen LogP contribution < -0.4 is 10.6 Å². The van der Waals surface area contributed by atoms with E-state index >= 15 is 0 Å². The molecule has 2 amide bonds. The Labute approximate surface area is 149 Å². The molecule has 1 aromatic heterocycles. The number of nitrogens with one attached hydrogen (secondary N) is 2. The minimum absolute atomic E-state index is 0.0611. The summed E-state index contributed by atoms with van der Waals surface area (Å²) < 4.78 is 5.73. The van der Waals surface area contributed by atoms with Crippen molar-refractivity contribution in [3.8, 4) is 0 Å². The van der Waals surface area contributed by atoms with E-state index in [1.54, 1.807) is 0 Å². The van der Waals surface area contributed by atoms with Gasteiger partial charge in [0.1, 0.15) is 17.6 Å². The van der Waals surface area contributed by atoms with Gasteiger partial charge < -0.3 is 15.1 Å². The van der Waals surface area contributed by atoms with Crippen molar-refractivity contribution in [2.45, 2.75) is 64.6 Å². The maximum absolute atomic E-state index is 12.8. The van der Waals surface area contributed by atoms with Crippen LogP contribution in [0.2, 0.25) is 0 Å². The molecule has 1 aliphatic heterocycles. The molecule has 6 nitrogen and oxygen atoms in total. The normalized spacial score (nSPS) is 23.7. The van der Waals surface area contributed by atoms with Crippen molar-refractivity contribution < 1.29 is 14.0 Å². The summed E-state index contributed by atoms with van der Waals surface area (Å²) in [5.74, 6) is 1.50. The Morgan fingerprint density at radius 2 is 2.12 bits per heavy atom. The van der Waals surface area contributed by atoms with Gasteiger partial charge in [-0.1, -0.05) is 26.7 Å². The molecule has 25 heavy (non-hydrogen) atoms. The first-order chi connectivity index (χ1) is 11.9. The summed E-state index contributed by atoms with van der Waals surface area (Å²) in [6.07, 6.45) is 4.27. The smallest absolute Gasteiger partial charge is 0.244 e. The monoisotopic (exact) mass is 347 g/mol. The second-order valence-corrected chi connectivity index (χ2v) is 7.87. The third kappa shape index (κ3) is 4.24. The van der Waals surface area contributed by atoms with Gasteiger partial charge in [0.05, 0.1) is 12.1 Å². The standard InChI is InChI=1S/C19H29N3O3/c1-13(2)17(23)20-16-11-22(10-15-7-6-14(3)25-15)12-19(21-18(16)24)8-4-5-9-19/h6-7,13,16H,4-5,8-12H2,1-3H3,(H,20,23)(H,21,24). The predicted octanol–water partition coefficient (Wildman–Crippen LogP) is 1.97.